The zero-order valence-corrected chi connectivity index (χ0v) is 15.5. The summed E-state index contributed by atoms with van der Waals surface area (Å²) >= 11 is 1.61. The van der Waals surface area contributed by atoms with Gasteiger partial charge in [0, 0.05) is 37.9 Å². The number of carbonyl (C=O) groups is 1. The van der Waals surface area contributed by atoms with E-state index in [1.807, 2.05) is 17.5 Å². The highest BCUT2D eigenvalue weighted by atomic mass is 32.2. The van der Waals surface area contributed by atoms with Crippen molar-refractivity contribution in [2.75, 3.05) is 31.1 Å². The summed E-state index contributed by atoms with van der Waals surface area (Å²) in [6, 6.07) is 7.04. The number of hydrogen-bond acceptors (Lipinski definition) is 5. The van der Waals surface area contributed by atoms with E-state index in [-0.39, 0.29) is 17.8 Å². The monoisotopic (exact) mass is 374 g/mol. The van der Waals surface area contributed by atoms with Gasteiger partial charge in [-0.3, -0.25) is 9.79 Å². The van der Waals surface area contributed by atoms with Gasteiger partial charge in [-0.2, -0.15) is 0 Å². The predicted molar refractivity (Wildman–Crippen MR) is 104 cm³/mol. The van der Waals surface area contributed by atoms with Crippen LogP contribution in [-0.2, 0) is 4.79 Å². The van der Waals surface area contributed by atoms with Gasteiger partial charge in [-0.25, -0.2) is 4.39 Å². The normalized spacial score (nSPS) is 20.5. The van der Waals surface area contributed by atoms with Crippen LogP contribution in [-0.4, -0.2) is 48.2 Å². The van der Waals surface area contributed by atoms with Gasteiger partial charge in [0.15, 0.2) is 5.17 Å². The molecule has 1 saturated heterocycles. The van der Waals surface area contributed by atoms with Crippen LogP contribution in [0.1, 0.15) is 25.7 Å². The van der Waals surface area contributed by atoms with Gasteiger partial charge in [0.2, 0.25) is 5.91 Å². The van der Waals surface area contributed by atoms with E-state index in [4.69, 9.17) is 0 Å². The van der Waals surface area contributed by atoms with Crippen molar-refractivity contribution in [3.63, 3.8) is 0 Å². The van der Waals surface area contributed by atoms with Crippen molar-refractivity contribution in [1.82, 2.24) is 10.2 Å². The van der Waals surface area contributed by atoms with Crippen molar-refractivity contribution in [3.05, 3.63) is 41.2 Å². The lowest BCUT2D eigenvalue weighted by molar-refractivity contribution is -0.121. The number of amidine groups is 1. The summed E-state index contributed by atoms with van der Waals surface area (Å²) in [6.07, 6.45) is 3.12. The van der Waals surface area contributed by atoms with Crippen molar-refractivity contribution in [2.24, 2.45) is 4.99 Å². The van der Waals surface area contributed by atoms with Crippen molar-refractivity contribution >= 4 is 28.5 Å². The van der Waals surface area contributed by atoms with Gasteiger partial charge in [0.25, 0.3) is 0 Å². The number of fused-ring (bicyclic) bond motifs is 1. The van der Waals surface area contributed by atoms with Crippen LogP contribution in [0.4, 0.5) is 10.1 Å². The number of nitrogens with zero attached hydrogens (tertiary/aromatic N) is 3. The van der Waals surface area contributed by atoms with Crippen LogP contribution in [0, 0.1) is 5.82 Å². The Bertz CT molecular complexity index is 743. The summed E-state index contributed by atoms with van der Waals surface area (Å²) in [4.78, 5) is 21.2. The number of para-hydroxylation sites is 1. The average molecular weight is 374 g/mol. The van der Waals surface area contributed by atoms with Crippen molar-refractivity contribution in [2.45, 2.75) is 31.7 Å². The third-order valence-corrected chi connectivity index (χ3v) is 6.01. The fourth-order valence-electron chi connectivity index (χ4n) is 3.69. The minimum atomic E-state index is -0.181. The number of benzene rings is 1. The summed E-state index contributed by atoms with van der Waals surface area (Å²) in [7, 11) is 0. The molecule has 1 aromatic rings. The average Bonchev–Trinajstić information content (AvgIpc) is 3.06. The van der Waals surface area contributed by atoms with Crippen LogP contribution in [0.25, 0.3) is 0 Å². The molecule has 0 radical (unpaired) electrons. The number of hydrogen-bond donors (Lipinski definition) is 1. The minimum Gasteiger partial charge on any atom is -0.369 e. The predicted octanol–water partition coefficient (Wildman–Crippen LogP) is 2.95. The number of rotatable bonds is 4. The lowest BCUT2D eigenvalue weighted by Gasteiger charge is -2.34. The standard InChI is InChI=1S/C19H23FN4OS/c20-16-4-1-2-5-17(16)23-10-6-14(7-11-23)22-18(25)12-15-13-26-19-21-8-3-9-24(15)19/h1-2,4-5,13-14H,3,6-12H2,(H,22,25). The van der Waals surface area contributed by atoms with Crippen LogP contribution in [0.2, 0.25) is 0 Å². The largest absolute Gasteiger partial charge is 0.369 e. The number of carbonyl (C=O) groups excluding carboxylic acids is 1. The van der Waals surface area contributed by atoms with Crippen LogP contribution >= 0.6 is 11.8 Å². The van der Waals surface area contributed by atoms with E-state index in [0.717, 1.165) is 56.3 Å². The van der Waals surface area contributed by atoms with E-state index in [0.29, 0.717) is 12.1 Å². The summed E-state index contributed by atoms with van der Waals surface area (Å²) in [6.45, 7) is 3.35. The highest BCUT2D eigenvalue weighted by Gasteiger charge is 2.27. The molecule has 3 heterocycles. The summed E-state index contributed by atoms with van der Waals surface area (Å²) in [5.74, 6) is -0.118. The maximum absolute atomic E-state index is 13.9. The first-order chi connectivity index (χ1) is 12.7. The molecule has 3 aliphatic heterocycles. The third-order valence-electron chi connectivity index (χ3n) is 5.06. The second-order valence-corrected chi connectivity index (χ2v) is 7.69. The summed E-state index contributed by atoms with van der Waals surface area (Å²) in [5.41, 5.74) is 1.71. The minimum absolute atomic E-state index is 0.0630. The Morgan fingerprint density at radius 1 is 1.27 bits per heavy atom. The Labute approximate surface area is 157 Å². The van der Waals surface area contributed by atoms with E-state index in [1.165, 1.54) is 6.07 Å². The highest BCUT2D eigenvalue weighted by molar-refractivity contribution is 8.16. The number of anilines is 1. The number of aliphatic imine (C=N–C) groups is 1. The molecule has 26 heavy (non-hydrogen) atoms. The quantitative estimate of drug-likeness (QED) is 0.880. The molecule has 0 saturated carbocycles. The zero-order valence-electron chi connectivity index (χ0n) is 14.7. The molecular weight excluding hydrogens is 351 g/mol. The Balaban J connectivity index is 1.27. The van der Waals surface area contributed by atoms with Gasteiger partial charge in [0.1, 0.15) is 5.82 Å². The van der Waals surface area contributed by atoms with Crippen molar-refractivity contribution in [3.8, 4) is 0 Å². The Hall–Kier alpha value is -2.02. The molecule has 1 aromatic carbocycles. The van der Waals surface area contributed by atoms with Gasteiger partial charge < -0.3 is 15.1 Å². The molecule has 7 heteroatoms. The molecule has 0 aliphatic carbocycles. The second kappa shape index (κ2) is 7.70. The Kier molecular flexibility index (Phi) is 5.15. The van der Waals surface area contributed by atoms with E-state index in [2.05, 4.69) is 20.1 Å². The topological polar surface area (TPSA) is 47.9 Å². The number of thioether (sulfide) groups is 1. The smallest absolute Gasteiger partial charge is 0.226 e. The van der Waals surface area contributed by atoms with Gasteiger partial charge >= 0.3 is 0 Å². The second-order valence-electron chi connectivity index (χ2n) is 6.85. The fraction of sp³-hybridized carbons (Fsp3) is 0.474. The van der Waals surface area contributed by atoms with Crippen molar-refractivity contribution in [1.29, 1.82) is 0 Å². The van der Waals surface area contributed by atoms with E-state index in [1.54, 1.807) is 17.8 Å². The SMILES string of the molecule is O=C(CC1=CSC2=NCCCN12)NC1CCN(c2ccccc2F)CC1. The molecule has 0 unspecified atom stereocenters. The van der Waals surface area contributed by atoms with E-state index < -0.39 is 0 Å². The van der Waals surface area contributed by atoms with Gasteiger partial charge in [-0.1, -0.05) is 23.9 Å². The zero-order chi connectivity index (χ0) is 17.9. The maximum atomic E-state index is 13.9. The number of amides is 1. The van der Waals surface area contributed by atoms with Crippen LogP contribution in [0.5, 0.6) is 0 Å². The molecule has 3 aliphatic rings. The molecule has 0 bridgehead atoms. The number of piperidine rings is 1. The first kappa shape index (κ1) is 17.4. The third kappa shape index (κ3) is 3.72. The van der Waals surface area contributed by atoms with Crippen molar-refractivity contribution < 1.29 is 9.18 Å². The molecule has 4 rings (SSSR count). The molecule has 138 valence electrons. The highest BCUT2D eigenvalue weighted by Crippen LogP contribution is 2.30. The van der Waals surface area contributed by atoms with Crippen LogP contribution in [0.3, 0.4) is 0 Å². The Morgan fingerprint density at radius 2 is 2.08 bits per heavy atom. The lowest BCUT2D eigenvalue weighted by Crippen LogP contribution is -2.45. The number of halogens is 1. The van der Waals surface area contributed by atoms with Crippen LogP contribution in [0.15, 0.2) is 40.4 Å². The maximum Gasteiger partial charge on any atom is 0.226 e. The summed E-state index contributed by atoms with van der Waals surface area (Å²) in [5, 5.41) is 6.22. The lowest BCUT2D eigenvalue weighted by atomic mass is 10.0. The fourth-order valence-corrected chi connectivity index (χ4v) is 4.64. The first-order valence-electron chi connectivity index (χ1n) is 9.17. The van der Waals surface area contributed by atoms with Gasteiger partial charge in [-0.05, 0) is 36.8 Å². The van der Waals surface area contributed by atoms with Gasteiger partial charge in [0.05, 0.1) is 12.1 Å². The summed E-state index contributed by atoms with van der Waals surface area (Å²) < 4.78 is 13.9. The molecule has 1 amide bonds. The molecule has 0 atom stereocenters. The molecule has 1 fully saturated rings. The molecular formula is C19H23FN4OS. The molecule has 5 nitrogen and oxygen atoms in total. The van der Waals surface area contributed by atoms with E-state index >= 15 is 0 Å². The van der Waals surface area contributed by atoms with Crippen LogP contribution < -0.4 is 10.2 Å². The first-order valence-corrected chi connectivity index (χ1v) is 10.1. The molecule has 1 N–H and O–H groups in total. The number of nitrogens with one attached hydrogen (secondary N) is 1. The van der Waals surface area contributed by atoms with Gasteiger partial charge in [-0.15, -0.1) is 0 Å². The molecule has 0 spiro atoms. The van der Waals surface area contributed by atoms with E-state index in [9.17, 15) is 9.18 Å². The Morgan fingerprint density at radius 3 is 2.88 bits per heavy atom. The molecule has 0 aromatic heterocycles.